The number of ether oxygens (including phenoxy) is 1. The third-order valence-corrected chi connectivity index (χ3v) is 16.7. The molecule has 0 spiro atoms. The Morgan fingerprint density at radius 3 is 2.32 bits per heavy atom. The van der Waals surface area contributed by atoms with Crippen LogP contribution in [0.4, 0.5) is 8.78 Å². The number of rotatable bonds is 1. The fourth-order valence-electron chi connectivity index (χ4n) is 15.5. The monoisotopic (exact) mass is 641 g/mol. The zero-order valence-electron chi connectivity index (χ0n) is 28.7. The van der Waals surface area contributed by atoms with Crippen molar-refractivity contribution in [1.82, 2.24) is 9.80 Å². The number of hydrogen-bond donors (Lipinski definition) is 0. The Kier molecular flexibility index (Phi) is 6.34. The lowest BCUT2D eigenvalue weighted by Gasteiger charge is -2.69. The van der Waals surface area contributed by atoms with Crippen molar-refractivity contribution >= 4 is 18.1 Å². The van der Waals surface area contributed by atoms with Gasteiger partial charge in [-0.2, -0.15) is 0 Å². The number of hydrogen-bond acceptors (Lipinski definition) is 4. The second kappa shape index (κ2) is 10.2. The summed E-state index contributed by atoms with van der Waals surface area (Å²) in [6, 6.07) is 6.22. The van der Waals surface area contributed by atoms with E-state index in [0.29, 0.717) is 66.9 Å². The lowest BCUT2D eigenvalue weighted by atomic mass is 9.22. The Morgan fingerprint density at radius 1 is 0.702 bits per heavy atom. The van der Waals surface area contributed by atoms with Crippen LogP contribution in [0.15, 0.2) is 17.1 Å². The molecule has 4 heterocycles. The molecular formula is C40H54BF2N3O. The molecule has 4 aliphatic heterocycles. The Labute approximate surface area is 280 Å². The summed E-state index contributed by atoms with van der Waals surface area (Å²) >= 11 is 0. The number of benzene rings is 1. The molecule has 17 unspecified atom stereocenters. The van der Waals surface area contributed by atoms with Crippen molar-refractivity contribution in [3.8, 4) is 0 Å². The summed E-state index contributed by atoms with van der Waals surface area (Å²) in [4.78, 5) is 11.1. The van der Waals surface area contributed by atoms with Crippen molar-refractivity contribution in [1.29, 1.82) is 0 Å². The highest BCUT2D eigenvalue weighted by molar-refractivity contribution is 6.77. The summed E-state index contributed by atoms with van der Waals surface area (Å²) in [5, 5.41) is 0. The molecule has 0 radical (unpaired) electrons. The van der Waals surface area contributed by atoms with Crippen molar-refractivity contribution < 1.29 is 13.5 Å². The van der Waals surface area contributed by atoms with Crippen LogP contribution >= 0.6 is 0 Å². The predicted octanol–water partition coefficient (Wildman–Crippen LogP) is 7.19. The minimum absolute atomic E-state index is 0.0365. The first kappa shape index (κ1) is 29.1. The summed E-state index contributed by atoms with van der Waals surface area (Å²) in [6.07, 6.45) is 13.0. The molecule has 1 aromatic rings. The molecule has 3 saturated heterocycles. The molecule has 1 aromatic carbocycles. The number of nitrogens with zero attached hydrogens (tertiary/aromatic N) is 3. The summed E-state index contributed by atoms with van der Waals surface area (Å²) < 4.78 is 37.3. The van der Waals surface area contributed by atoms with Gasteiger partial charge in [-0.15, -0.1) is 0 Å². The molecule has 17 atom stereocenters. The molecule has 47 heavy (non-hydrogen) atoms. The number of fused-ring (bicyclic) bond motifs is 10. The third-order valence-electron chi connectivity index (χ3n) is 16.7. The molecular weight excluding hydrogens is 587 g/mol. The van der Waals surface area contributed by atoms with Crippen molar-refractivity contribution in [3.05, 3.63) is 28.8 Å². The molecule has 0 N–H and O–H groups in total. The van der Waals surface area contributed by atoms with Crippen LogP contribution < -0.4 is 5.46 Å². The molecule has 11 rings (SSSR count). The van der Waals surface area contributed by atoms with Gasteiger partial charge in [0, 0.05) is 36.9 Å². The molecule has 252 valence electrons. The average molecular weight is 642 g/mol. The van der Waals surface area contributed by atoms with E-state index in [9.17, 15) is 0 Å². The van der Waals surface area contributed by atoms with Gasteiger partial charge in [-0.3, -0.25) is 0 Å². The lowest BCUT2D eigenvalue weighted by molar-refractivity contribution is -0.0931. The first-order valence-electron chi connectivity index (χ1n) is 20.0. The Hall–Kier alpha value is -1.63. The number of guanidine groups is 1. The fourth-order valence-corrected chi connectivity index (χ4v) is 15.5. The van der Waals surface area contributed by atoms with Crippen LogP contribution in [0.3, 0.4) is 0 Å². The van der Waals surface area contributed by atoms with Crippen LogP contribution in [0, 0.1) is 56.3 Å². The van der Waals surface area contributed by atoms with Gasteiger partial charge < -0.3 is 14.5 Å². The van der Waals surface area contributed by atoms with Crippen molar-refractivity contribution in [2.24, 2.45) is 40.5 Å². The molecule has 7 heteroatoms. The van der Waals surface area contributed by atoms with Gasteiger partial charge in [-0.05, 0) is 113 Å². The first-order valence-corrected chi connectivity index (χ1v) is 20.0. The molecule has 10 aliphatic rings. The van der Waals surface area contributed by atoms with E-state index in [0.717, 1.165) is 30.1 Å². The molecule has 9 fully saturated rings. The lowest BCUT2D eigenvalue weighted by Crippen LogP contribution is -2.77. The standard InChI is InChI=1S/C40H54BF2N3O/c1-19-12-20(2)38(21(3)13-19)41-26-15-25-24-6-4-5-7-34(24)47-35(25)18-32(26)46-39-27(41)14-23-9-8-22-10-11-31(37(39)36(22)23)45-33-17-29(43)28(42)16-30(33)44-40(45)46/h12-13,22-37,39H,4-11,14-18H2,1-3H3. The summed E-state index contributed by atoms with van der Waals surface area (Å²) in [6.45, 7) is 7.67. The quantitative estimate of drug-likeness (QED) is 0.304. The van der Waals surface area contributed by atoms with Crippen molar-refractivity contribution in [3.63, 3.8) is 0 Å². The normalized spacial score (nSPS) is 51.8. The van der Waals surface area contributed by atoms with E-state index in [1.807, 2.05) is 0 Å². The van der Waals surface area contributed by atoms with E-state index in [4.69, 9.17) is 9.73 Å². The minimum Gasteiger partial charge on any atom is -0.374 e. The summed E-state index contributed by atoms with van der Waals surface area (Å²) in [7, 11) is 0. The Balaban J connectivity index is 1.10. The van der Waals surface area contributed by atoms with Gasteiger partial charge in [-0.25, -0.2) is 13.8 Å². The zero-order valence-corrected chi connectivity index (χ0v) is 28.7. The molecule has 0 aromatic heterocycles. The van der Waals surface area contributed by atoms with Crippen LogP contribution in [0.25, 0.3) is 0 Å². The summed E-state index contributed by atoms with van der Waals surface area (Å²) in [5.74, 6) is 6.87. The highest BCUT2D eigenvalue weighted by atomic mass is 19.2. The second-order valence-electron chi connectivity index (χ2n) is 18.5. The number of halogens is 2. The van der Waals surface area contributed by atoms with Crippen LogP contribution in [-0.2, 0) is 4.74 Å². The highest BCUT2D eigenvalue weighted by Gasteiger charge is 2.70. The van der Waals surface area contributed by atoms with E-state index in [-0.39, 0.29) is 18.5 Å². The van der Waals surface area contributed by atoms with Crippen LogP contribution in [0.5, 0.6) is 0 Å². The van der Waals surface area contributed by atoms with Gasteiger partial charge in [0.1, 0.15) is 12.3 Å². The van der Waals surface area contributed by atoms with Crippen LogP contribution in [0.2, 0.25) is 11.6 Å². The van der Waals surface area contributed by atoms with Crippen molar-refractivity contribution in [2.45, 2.75) is 171 Å². The number of aryl methyl sites for hydroxylation is 3. The van der Waals surface area contributed by atoms with E-state index < -0.39 is 12.3 Å². The SMILES string of the molecule is Cc1cc(C)c(B2C3CC4C(CC3N3C5=NC6CC(F)C(F)CC6N5C5CCC6CCC7CC2C3C5C67)OC2CCCCC24)c(C)c1. The van der Waals surface area contributed by atoms with Gasteiger partial charge in [-0.1, -0.05) is 53.5 Å². The topological polar surface area (TPSA) is 28.1 Å². The molecule has 4 nitrogen and oxygen atoms in total. The average Bonchev–Trinajstić information content (AvgIpc) is 3.74. The van der Waals surface area contributed by atoms with E-state index in [2.05, 4.69) is 42.7 Å². The maximum absolute atomic E-state index is 15.2. The summed E-state index contributed by atoms with van der Waals surface area (Å²) in [5.41, 5.74) is 6.09. The van der Waals surface area contributed by atoms with Gasteiger partial charge >= 0.3 is 0 Å². The van der Waals surface area contributed by atoms with E-state index in [1.54, 1.807) is 5.46 Å². The number of alkyl halides is 2. The third kappa shape index (κ3) is 3.88. The fraction of sp³-hybridized carbons (Fsp3) is 0.825. The Morgan fingerprint density at radius 2 is 1.47 bits per heavy atom. The smallest absolute Gasteiger partial charge is 0.198 e. The van der Waals surface area contributed by atoms with Gasteiger partial charge in [0.15, 0.2) is 12.7 Å². The van der Waals surface area contributed by atoms with E-state index in [1.165, 1.54) is 86.9 Å². The van der Waals surface area contributed by atoms with Crippen LogP contribution in [0.1, 0.15) is 100 Å². The second-order valence-corrected chi connectivity index (χ2v) is 18.5. The number of aliphatic imine (C=N–C) groups is 1. The van der Waals surface area contributed by atoms with Gasteiger partial charge in [0.2, 0.25) is 0 Å². The largest absolute Gasteiger partial charge is 0.374 e. The molecule has 6 saturated carbocycles. The van der Waals surface area contributed by atoms with Gasteiger partial charge in [0.05, 0.1) is 24.3 Å². The van der Waals surface area contributed by atoms with Crippen molar-refractivity contribution in [2.75, 3.05) is 0 Å². The molecule has 0 bridgehead atoms. The predicted molar refractivity (Wildman–Crippen MR) is 183 cm³/mol. The Bertz CT molecular complexity index is 1480. The zero-order chi connectivity index (χ0) is 31.5. The highest BCUT2D eigenvalue weighted by Crippen LogP contribution is 2.66. The van der Waals surface area contributed by atoms with Gasteiger partial charge in [0.25, 0.3) is 0 Å². The maximum Gasteiger partial charge on any atom is 0.198 e. The molecule has 6 aliphatic carbocycles. The van der Waals surface area contributed by atoms with Crippen LogP contribution in [-0.4, -0.2) is 77.2 Å². The molecule has 0 amide bonds. The van der Waals surface area contributed by atoms with E-state index >= 15 is 8.78 Å². The first-order chi connectivity index (χ1) is 22.9. The minimum atomic E-state index is -1.37. The maximum atomic E-state index is 15.2.